The number of hydrogen-bond donors (Lipinski definition) is 4. The maximum atomic E-state index is 3.73. The fourth-order valence-corrected chi connectivity index (χ4v) is 0.677. The predicted octanol–water partition coefficient (Wildman–Crippen LogP) is -9.34. The van der Waals surface area contributed by atoms with Gasteiger partial charge in [0.05, 0.1) is 13.1 Å². The monoisotopic (exact) mass is 402 g/mol. The van der Waals surface area contributed by atoms with E-state index in [-0.39, 0.29) is 48.0 Å². The minimum absolute atomic E-state index is 0. The first-order valence-corrected chi connectivity index (χ1v) is 3.91. The highest BCUT2D eigenvalue weighted by Gasteiger charge is 1.85. The van der Waals surface area contributed by atoms with Crippen LogP contribution in [-0.2, 0) is 0 Å². The summed E-state index contributed by atoms with van der Waals surface area (Å²) in [4.78, 5) is 0. The van der Waals surface area contributed by atoms with Gasteiger partial charge in [0, 0.05) is 26.2 Å². The molecule has 0 atom stereocenters. The molecule has 0 amide bonds. The third-order valence-electron chi connectivity index (χ3n) is 1.19. The molecule has 0 aromatic rings. The lowest BCUT2D eigenvalue weighted by Crippen LogP contribution is -3.00. The van der Waals surface area contributed by atoms with Crippen LogP contribution in [0.4, 0.5) is 0 Å². The molecule has 0 aromatic carbocycles. The van der Waals surface area contributed by atoms with Crippen LogP contribution in [0.15, 0.2) is 0 Å². The number of hydrogen-bond acceptors (Lipinski definition) is 2. The summed E-state index contributed by atoms with van der Waals surface area (Å²) in [6.45, 7) is 6.05. The minimum Gasteiger partial charge on any atom is -1.00 e. The first kappa shape index (κ1) is 19.0. The van der Waals surface area contributed by atoms with Crippen molar-refractivity contribution in [2.45, 2.75) is 0 Å². The largest absolute Gasteiger partial charge is 1.00 e. The number of quaternary nitrogens is 2. The standard InChI is InChI=1S/C6H18N4.2HI/c7-1-3-9-5-6-10-4-2-8;;/h9-10H,1-8H2;2*1H. The molecule has 0 unspecified atom stereocenters. The summed E-state index contributed by atoms with van der Waals surface area (Å²) in [6, 6.07) is 0. The molecule has 0 aliphatic heterocycles. The summed E-state index contributed by atoms with van der Waals surface area (Å²) < 4.78 is 0. The van der Waals surface area contributed by atoms with Gasteiger partial charge in [0.15, 0.2) is 0 Å². The zero-order valence-corrected chi connectivity index (χ0v) is 11.7. The van der Waals surface area contributed by atoms with Crippen molar-refractivity contribution in [1.29, 1.82) is 0 Å². The van der Waals surface area contributed by atoms with Crippen molar-refractivity contribution in [1.82, 2.24) is 10.6 Å². The highest BCUT2D eigenvalue weighted by Crippen LogP contribution is 1.56. The third kappa shape index (κ3) is 17.4. The molecule has 0 bridgehead atoms. The van der Waals surface area contributed by atoms with Crippen molar-refractivity contribution in [2.75, 3.05) is 39.3 Å². The maximum absolute atomic E-state index is 3.73. The Hall–Kier alpha value is 1.30. The second-order valence-corrected chi connectivity index (χ2v) is 2.21. The van der Waals surface area contributed by atoms with Gasteiger partial charge in [-0.25, -0.2) is 0 Å². The van der Waals surface area contributed by atoms with E-state index in [2.05, 4.69) is 22.1 Å². The van der Waals surface area contributed by atoms with Crippen LogP contribution < -0.4 is 70.1 Å². The summed E-state index contributed by atoms with van der Waals surface area (Å²) in [7, 11) is 0. The Morgan fingerprint density at radius 2 is 1.00 bits per heavy atom. The van der Waals surface area contributed by atoms with Gasteiger partial charge in [0.25, 0.3) is 0 Å². The van der Waals surface area contributed by atoms with Gasteiger partial charge in [-0.3, -0.25) is 0 Å². The lowest BCUT2D eigenvalue weighted by molar-refractivity contribution is -0.365. The highest BCUT2D eigenvalue weighted by molar-refractivity contribution is 4.49. The van der Waals surface area contributed by atoms with Gasteiger partial charge in [-0.05, 0) is 0 Å². The van der Waals surface area contributed by atoms with Gasteiger partial charge < -0.3 is 70.1 Å². The fourth-order valence-electron chi connectivity index (χ4n) is 0.677. The molecule has 0 fully saturated rings. The smallest absolute Gasteiger partial charge is 0.0866 e. The summed E-state index contributed by atoms with van der Waals surface area (Å²) in [5, 5.41) is 6.50. The van der Waals surface area contributed by atoms with Crippen molar-refractivity contribution in [3.05, 3.63) is 0 Å². The van der Waals surface area contributed by atoms with E-state index < -0.39 is 0 Å². The number of nitrogens with one attached hydrogen (secondary N) is 2. The average Bonchev–Trinajstić information content (AvgIpc) is 1.97. The van der Waals surface area contributed by atoms with E-state index in [1.54, 1.807) is 0 Å². The van der Waals surface area contributed by atoms with E-state index >= 15 is 0 Å². The van der Waals surface area contributed by atoms with Crippen LogP contribution in [0.5, 0.6) is 0 Å². The molecule has 0 aromatic heterocycles. The van der Waals surface area contributed by atoms with Crippen molar-refractivity contribution < 1.29 is 59.4 Å². The number of halogens is 2. The molecule has 8 N–H and O–H groups in total. The Balaban J connectivity index is -0.000000405. The van der Waals surface area contributed by atoms with E-state index in [1.165, 1.54) is 0 Å². The molecule has 0 heterocycles. The quantitative estimate of drug-likeness (QED) is 0.252. The lowest BCUT2D eigenvalue weighted by Gasteiger charge is -2.01. The van der Waals surface area contributed by atoms with E-state index in [4.69, 9.17) is 0 Å². The van der Waals surface area contributed by atoms with Crippen molar-refractivity contribution in [2.24, 2.45) is 0 Å². The topological polar surface area (TPSA) is 79.3 Å². The molecule has 12 heavy (non-hydrogen) atoms. The second kappa shape index (κ2) is 18.2. The van der Waals surface area contributed by atoms with Gasteiger partial charge in [0.1, 0.15) is 0 Å². The molecular formula is C6H20I2N4. The first-order chi connectivity index (χ1) is 4.91. The molecular weight excluding hydrogens is 382 g/mol. The van der Waals surface area contributed by atoms with Gasteiger partial charge in [-0.1, -0.05) is 0 Å². The average molecular weight is 402 g/mol. The molecule has 78 valence electrons. The van der Waals surface area contributed by atoms with Crippen molar-refractivity contribution in [3.8, 4) is 0 Å². The first-order valence-electron chi connectivity index (χ1n) is 3.91. The molecule has 6 heteroatoms. The Labute approximate surface area is 109 Å². The Morgan fingerprint density at radius 1 is 0.667 bits per heavy atom. The van der Waals surface area contributed by atoms with Crippen LogP contribution >= 0.6 is 0 Å². The molecule has 0 aliphatic rings. The van der Waals surface area contributed by atoms with Gasteiger partial charge in [-0.2, -0.15) is 0 Å². The lowest BCUT2D eigenvalue weighted by atomic mass is 10.5. The van der Waals surface area contributed by atoms with Crippen LogP contribution in [0.2, 0.25) is 0 Å². The summed E-state index contributed by atoms with van der Waals surface area (Å²) in [5.74, 6) is 0. The minimum atomic E-state index is 0. The zero-order valence-electron chi connectivity index (χ0n) is 7.41. The number of rotatable bonds is 7. The summed E-state index contributed by atoms with van der Waals surface area (Å²) >= 11 is 0. The van der Waals surface area contributed by atoms with Gasteiger partial charge >= 0.3 is 0 Å². The molecule has 0 rings (SSSR count). The van der Waals surface area contributed by atoms with E-state index in [0.29, 0.717) is 0 Å². The van der Waals surface area contributed by atoms with E-state index in [0.717, 1.165) is 39.3 Å². The molecule has 0 aliphatic carbocycles. The zero-order chi connectivity index (χ0) is 7.66. The third-order valence-corrected chi connectivity index (χ3v) is 1.19. The Kier molecular flexibility index (Phi) is 28.7. The molecule has 0 saturated heterocycles. The second-order valence-electron chi connectivity index (χ2n) is 2.21. The van der Waals surface area contributed by atoms with E-state index in [1.807, 2.05) is 0 Å². The van der Waals surface area contributed by atoms with Crippen LogP contribution in [0.3, 0.4) is 0 Å². The Bertz CT molecular complexity index is 57.5. The van der Waals surface area contributed by atoms with Crippen LogP contribution in [0, 0.1) is 0 Å². The normalized spacial score (nSPS) is 8.50. The molecule has 4 nitrogen and oxygen atoms in total. The SMILES string of the molecule is [I-].[I-].[NH3+]CCNCCNCC[NH3+]. The maximum Gasteiger partial charge on any atom is 0.0866 e. The molecule has 0 saturated carbocycles. The summed E-state index contributed by atoms with van der Waals surface area (Å²) in [6.07, 6.45) is 0. The van der Waals surface area contributed by atoms with E-state index in [9.17, 15) is 0 Å². The van der Waals surface area contributed by atoms with Crippen molar-refractivity contribution in [3.63, 3.8) is 0 Å². The van der Waals surface area contributed by atoms with Gasteiger partial charge in [0.2, 0.25) is 0 Å². The van der Waals surface area contributed by atoms with Crippen LogP contribution in [0.1, 0.15) is 0 Å². The van der Waals surface area contributed by atoms with Gasteiger partial charge in [-0.15, -0.1) is 0 Å². The Morgan fingerprint density at radius 3 is 1.25 bits per heavy atom. The predicted molar refractivity (Wildman–Crippen MR) is 41.2 cm³/mol. The fraction of sp³-hybridized carbons (Fsp3) is 1.00. The van der Waals surface area contributed by atoms with Crippen LogP contribution in [0.25, 0.3) is 0 Å². The molecule has 0 radical (unpaired) electrons. The highest BCUT2D eigenvalue weighted by atomic mass is 127. The van der Waals surface area contributed by atoms with Crippen molar-refractivity contribution >= 4 is 0 Å². The summed E-state index contributed by atoms with van der Waals surface area (Å²) in [5.41, 5.74) is 7.45. The van der Waals surface area contributed by atoms with Crippen LogP contribution in [-0.4, -0.2) is 39.3 Å². The molecule has 0 spiro atoms.